The molecule has 3 atom stereocenters. The Morgan fingerprint density at radius 2 is 1.88 bits per heavy atom. The molecular formula is C23H31N3O5S. The number of methoxy groups -OCH3 is 1. The zero-order valence-electron chi connectivity index (χ0n) is 18.9. The number of carbonyl (C=O) groups is 1. The lowest BCUT2D eigenvalue weighted by atomic mass is 10.0. The lowest BCUT2D eigenvalue weighted by molar-refractivity contribution is 0.0281. The van der Waals surface area contributed by atoms with Crippen LogP contribution in [-0.2, 0) is 14.8 Å². The molecule has 8 nitrogen and oxygen atoms in total. The number of benzene rings is 2. The topological polar surface area (TPSA) is 97.0 Å². The van der Waals surface area contributed by atoms with Crippen LogP contribution in [0.3, 0.4) is 0 Å². The Balaban J connectivity index is 1.91. The maximum atomic E-state index is 13.2. The summed E-state index contributed by atoms with van der Waals surface area (Å²) in [4.78, 5) is 14.9. The van der Waals surface area contributed by atoms with Crippen molar-refractivity contribution < 1.29 is 22.7 Å². The number of likely N-dealkylation sites (N-methyl/N-ethyl adjacent to an activating group) is 1. The second kappa shape index (κ2) is 10.3. The third-order valence-electron chi connectivity index (χ3n) is 5.53. The first-order chi connectivity index (χ1) is 15.2. The summed E-state index contributed by atoms with van der Waals surface area (Å²) in [6, 6.07) is 12.8. The molecule has 1 aliphatic heterocycles. The molecule has 0 fully saturated rings. The van der Waals surface area contributed by atoms with Crippen LogP contribution in [0.25, 0.3) is 0 Å². The minimum atomic E-state index is -3.76. The first-order valence-corrected chi connectivity index (χ1v) is 12.1. The maximum absolute atomic E-state index is 13.2. The van der Waals surface area contributed by atoms with Gasteiger partial charge in [-0.2, -0.15) is 0 Å². The summed E-state index contributed by atoms with van der Waals surface area (Å²) < 4.78 is 39.5. The Morgan fingerprint density at radius 1 is 1.16 bits per heavy atom. The number of anilines is 1. The highest BCUT2D eigenvalue weighted by Gasteiger charge is 2.26. The quantitative estimate of drug-likeness (QED) is 0.727. The highest BCUT2D eigenvalue weighted by atomic mass is 32.2. The molecule has 0 bridgehead atoms. The minimum absolute atomic E-state index is 0.0275. The number of hydrogen-bond acceptors (Lipinski definition) is 6. The Morgan fingerprint density at radius 3 is 2.56 bits per heavy atom. The Bertz CT molecular complexity index is 1030. The van der Waals surface area contributed by atoms with Gasteiger partial charge in [-0.25, -0.2) is 8.42 Å². The molecule has 3 rings (SSSR count). The predicted octanol–water partition coefficient (Wildman–Crippen LogP) is 2.58. The van der Waals surface area contributed by atoms with E-state index in [-0.39, 0.29) is 28.9 Å². The van der Waals surface area contributed by atoms with Crippen molar-refractivity contribution in [3.63, 3.8) is 0 Å². The second-order valence-corrected chi connectivity index (χ2v) is 9.87. The summed E-state index contributed by atoms with van der Waals surface area (Å²) in [7, 11) is -0.391. The Hall–Kier alpha value is -2.62. The highest BCUT2D eigenvalue weighted by Crippen LogP contribution is 2.27. The summed E-state index contributed by atoms with van der Waals surface area (Å²) in [5.41, 5.74) is 0.685. The monoisotopic (exact) mass is 461 g/mol. The van der Waals surface area contributed by atoms with Crippen LogP contribution in [0.5, 0.6) is 5.75 Å². The van der Waals surface area contributed by atoms with Crippen LogP contribution < -0.4 is 14.8 Å². The number of nitrogens with zero attached hydrogens (tertiary/aromatic N) is 1. The molecule has 2 aromatic carbocycles. The van der Waals surface area contributed by atoms with Crippen molar-refractivity contribution in [1.29, 1.82) is 0 Å². The summed E-state index contributed by atoms with van der Waals surface area (Å²) in [6.07, 6.45) is -0.121. The molecule has 0 saturated carbocycles. The number of ether oxygens (including phenoxy) is 2. The van der Waals surface area contributed by atoms with Gasteiger partial charge >= 0.3 is 0 Å². The fraction of sp³-hybridized carbons (Fsp3) is 0.435. The molecule has 0 spiro atoms. The van der Waals surface area contributed by atoms with Gasteiger partial charge in [-0.3, -0.25) is 9.52 Å². The van der Waals surface area contributed by atoms with Crippen molar-refractivity contribution >= 4 is 21.6 Å². The van der Waals surface area contributed by atoms with E-state index < -0.39 is 10.0 Å². The van der Waals surface area contributed by atoms with Crippen LogP contribution in [0.2, 0.25) is 0 Å². The van der Waals surface area contributed by atoms with E-state index in [0.717, 1.165) is 6.54 Å². The normalized spacial score (nSPS) is 22.8. The number of fused-ring (bicyclic) bond motifs is 1. The van der Waals surface area contributed by atoms with Crippen LogP contribution in [0.1, 0.15) is 24.2 Å². The first kappa shape index (κ1) is 24.0. The van der Waals surface area contributed by atoms with Gasteiger partial charge in [-0.1, -0.05) is 25.1 Å². The van der Waals surface area contributed by atoms with Gasteiger partial charge in [0.15, 0.2) is 0 Å². The molecule has 32 heavy (non-hydrogen) atoms. The Kier molecular flexibility index (Phi) is 7.76. The van der Waals surface area contributed by atoms with E-state index in [9.17, 15) is 13.2 Å². The predicted molar refractivity (Wildman–Crippen MR) is 124 cm³/mol. The van der Waals surface area contributed by atoms with Crippen LogP contribution in [0.4, 0.5) is 5.69 Å². The SMILES string of the molecule is CO[C@@H]1CN(C)C(=O)c2ccc(NS(=O)(=O)c3ccccc3)cc2OC[C@@H](C)NC[C@@H]1C. The number of amides is 1. The number of nitrogens with one attached hydrogen (secondary N) is 2. The molecule has 0 saturated heterocycles. The molecule has 1 aliphatic rings. The van der Waals surface area contributed by atoms with Crippen LogP contribution >= 0.6 is 0 Å². The zero-order chi connectivity index (χ0) is 23.3. The number of rotatable bonds is 4. The smallest absolute Gasteiger partial charge is 0.261 e. The summed E-state index contributed by atoms with van der Waals surface area (Å²) in [5.74, 6) is 0.311. The van der Waals surface area contributed by atoms with E-state index in [1.807, 2.05) is 6.92 Å². The molecule has 2 aromatic rings. The van der Waals surface area contributed by atoms with Gasteiger partial charge in [0.1, 0.15) is 12.4 Å². The first-order valence-electron chi connectivity index (χ1n) is 10.6. The van der Waals surface area contributed by atoms with E-state index in [4.69, 9.17) is 9.47 Å². The molecule has 174 valence electrons. The second-order valence-electron chi connectivity index (χ2n) is 8.19. The number of carbonyl (C=O) groups excluding carboxylic acids is 1. The zero-order valence-corrected chi connectivity index (χ0v) is 19.7. The van der Waals surface area contributed by atoms with E-state index in [1.165, 1.54) is 12.1 Å². The van der Waals surface area contributed by atoms with E-state index in [0.29, 0.717) is 30.2 Å². The van der Waals surface area contributed by atoms with E-state index in [2.05, 4.69) is 17.0 Å². The molecule has 1 amide bonds. The van der Waals surface area contributed by atoms with E-state index >= 15 is 0 Å². The third-order valence-corrected chi connectivity index (χ3v) is 6.93. The summed E-state index contributed by atoms with van der Waals surface area (Å²) in [6.45, 7) is 5.54. The van der Waals surface area contributed by atoms with Crippen molar-refractivity contribution in [2.24, 2.45) is 5.92 Å². The molecule has 0 aliphatic carbocycles. The van der Waals surface area contributed by atoms with Gasteiger partial charge < -0.3 is 19.7 Å². The van der Waals surface area contributed by atoms with Crippen LogP contribution in [-0.4, -0.2) is 65.2 Å². The van der Waals surface area contributed by atoms with Crippen molar-refractivity contribution in [3.05, 3.63) is 54.1 Å². The molecule has 0 unspecified atom stereocenters. The molecule has 0 aromatic heterocycles. The Labute approximate surface area is 190 Å². The number of sulfonamides is 1. The van der Waals surface area contributed by atoms with Gasteiger partial charge in [-0.05, 0) is 37.1 Å². The maximum Gasteiger partial charge on any atom is 0.261 e. The number of hydrogen-bond donors (Lipinski definition) is 2. The standard InChI is InChI=1S/C23H31N3O5S/c1-16-13-24-17(2)15-31-21-12-18(25-32(28,29)19-8-6-5-7-9-19)10-11-20(21)23(27)26(3)14-22(16)30-4/h5-12,16-17,22,24-25H,13-15H2,1-4H3/t16-,17+,22+/m0/s1. The molecule has 2 N–H and O–H groups in total. The molecule has 0 radical (unpaired) electrons. The third kappa shape index (κ3) is 5.79. The van der Waals surface area contributed by atoms with Crippen molar-refractivity contribution in [2.45, 2.75) is 30.9 Å². The van der Waals surface area contributed by atoms with Gasteiger partial charge in [0.25, 0.3) is 15.9 Å². The lowest BCUT2D eigenvalue weighted by Gasteiger charge is -2.30. The van der Waals surface area contributed by atoms with Gasteiger partial charge in [-0.15, -0.1) is 0 Å². The van der Waals surface area contributed by atoms with Gasteiger partial charge in [0, 0.05) is 39.4 Å². The summed E-state index contributed by atoms with van der Waals surface area (Å²) in [5, 5.41) is 3.43. The van der Waals surface area contributed by atoms with Gasteiger partial charge in [0.2, 0.25) is 0 Å². The molecule has 9 heteroatoms. The van der Waals surface area contributed by atoms with Crippen LogP contribution in [0, 0.1) is 5.92 Å². The average molecular weight is 462 g/mol. The molecular weight excluding hydrogens is 430 g/mol. The van der Waals surface area contributed by atoms with Crippen molar-refractivity contribution in [1.82, 2.24) is 10.2 Å². The fourth-order valence-electron chi connectivity index (χ4n) is 3.53. The lowest BCUT2D eigenvalue weighted by Crippen LogP contribution is -2.44. The summed E-state index contributed by atoms with van der Waals surface area (Å²) >= 11 is 0. The molecule has 1 heterocycles. The largest absolute Gasteiger partial charge is 0.491 e. The van der Waals surface area contributed by atoms with Crippen LogP contribution in [0.15, 0.2) is 53.4 Å². The highest BCUT2D eigenvalue weighted by molar-refractivity contribution is 7.92. The minimum Gasteiger partial charge on any atom is -0.491 e. The average Bonchev–Trinajstić information content (AvgIpc) is 2.78. The van der Waals surface area contributed by atoms with Gasteiger partial charge in [0.05, 0.1) is 22.3 Å². The van der Waals surface area contributed by atoms with E-state index in [1.54, 1.807) is 55.5 Å². The van der Waals surface area contributed by atoms with Crippen molar-refractivity contribution in [3.8, 4) is 5.75 Å². The van der Waals surface area contributed by atoms with Crippen molar-refractivity contribution in [2.75, 3.05) is 38.6 Å². The fourth-order valence-corrected chi connectivity index (χ4v) is 4.60.